The molecule has 2 rings (SSSR count). The summed E-state index contributed by atoms with van der Waals surface area (Å²) < 4.78 is 33.0. The first-order chi connectivity index (χ1) is 9.63. The maximum Gasteiger partial charge on any atom is 0.244 e. The average Bonchev–Trinajstić information content (AvgIpc) is 2.39. The highest BCUT2D eigenvalue weighted by Crippen LogP contribution is 2.47. The largest absolute Gasteiger partial charge is 0.505 e. The first-order valence-electron chi connectivity index (χ1n) is 6.65. The second kappa shape index (κ2) is 5.43. The second-order valence-corrected chi connectivity index (χ2v) is 8.11. The van der Waals surface area contributed by atoms with Crippen LogP contribution in [0.3, 0.4) is 0 Å². The van der Waals surface area contributed by atoms with Gasteiger partial charge in [0.1, 0.15) is 4.90 Å². The van der Waals surface area contributed by atoms with Crippen molar-refractivity contribution < 1.29 is 18.3 Å². The molecule has 0 aromatic heterocycles. The summed E-state index contributed by atoms with van der Waals surface area (Å²) in [6.07, 6.45) is -0.0156. The fourth-order valence-electron chi connectivity index (χ4n) is 3.31. The number of halogens is 1. The van der Waals surface area contributed by atoms with Crippen LogP contribution < -0.4 is 4.72 Å². The molecular formula is C14H20ClNO4S. The Bertz CT molecular complexity index is 644. The van der Waals surface area contributed by atoms with Crippen LogP contribution in [-0.2, 0) is 14.8 Å². The fraction of sp³-hybridized carbons (Fsp3) is 0.571. The van der Waals surface area contributed by atoms with Crippen LogP contribution in [0, 0.1) is 11.3 Å². The Morgan fingerprint density at radius 1 is 1.38 bits per heavy atom. The van der Waals surface area contributed by atoms with E-state index in [2.05, 4.69) is 4.72 Å². The smallest absolute Gasteiger partial charge is 0.244 e. The third kappa shape index (κ3) is 2.65. The van der Waals surface area contributed by atoms with Crippen LogP contribution in [0.4, 0.5) is 0 Å². The van der Waals surface area contributed by atoms with Gasteiger partial charge in [0.2, 0.25) is 10.0 Å². The molecular weight excluding hydrogens is 314 g/mol. The zero-order valence-corrected chi connectivity index (χ0v) is 14.0. The molecule has 0 aliphatic heterocycles. The monoisotopic (exact) mass is 333 g/mol. The molecule has 118 valence electrons. The summed E-state index contributed by atoms with van der Waals surface area (Å²) in [7, 11) is -2.23. The molecule has 2 N–H and O–H groups in total. The summed E-state index contributed by atoms with van der Waals surface area (Å²) in [5.74, 6) is -0.388. The van der Waals surface area contributed by atoms with Gasteiger partial charge in [0, 0.05) is 18.6 Å². The zero-order chi connectivity index (χ0) is 16.0. The van der Waals surface area contributed by atoms with E-state index in [0.717, 1.165) is 0 Å². The molecule has 0 spiro atoms. The molecule has 21 heavy (non-hydrogen) atoms. The van der Waals surface area contributed by atoms with E-state index in [1.165, 1.54) is 18.2 Å². The third-order valence-corrected chi connectivity index (χ3v) is 6.09. The summed E-state index contributed by atoms with van der Waals surface area (Å²) in [5.41, 5.74) is -0.324. The van der Waals surface area contributed by atoms with Gasteiger partial charge in [-0.25, -0.2) is 13.1 Å². The van der Waals surface area contributed by atoms with Crippen molar-refractivity contribution in [2.24, 2.45) is 11.3 Å². The van der Waals surface area contributed by atoms with Crippen molar-refractivity contribution in [3.63, 3.8) is 0 Å². The Labute approximate surface area is 130 Å². The zero-order valence-electron chi connectivity index (χ0n) is 12.4. The molecule has 1 aliphatic rings. The van der Waals surface area contributed by atoms with E-state index in [0.29, 0.717) is 0 Å². The Morgan fingerprint density at radius 3 is 2.52 bits per heavy atom. The summed E-state index contributed by atoms with van der Waals surface area (Å²) in [6.45, 7) is 5.84. The topological polar surface area (TPSA) is 75.6 Å². The number of ether oxygens (including phenoxy) is 1. The number of methoxy groups -OCH3 is 1. The minimum Gasteiger partial charge on any atom is -0.505 e. The molecule has 1 aliphatic carbocycles. The van der Waals surface area contributed by atoms with Crippen LogP contribution >= 0.6 is 11.6 Å². The van der Waals surface area contributed by atoms with Crippen molar-refractivity contribution in [1.82, 2.24) is 4.72 Å². The van der Waals surface area contributed by atoms with E-state index in [1.54, 1.807) is 7.11 Å². The molecule has 3 atom stereocenters. The van der Waals surface area contributed by atoms with Crippen LogP contribution in [0.1, 0.15) is 20.8 Å². The number of aromatic hydroxyl groups is 1. The van der Waals surface area contributed by atoms with Crippen LogP contribution in [0.5, 0.6) is 5.75 Å². The van der Waals surface area contributed by atoms with Crippen LogP contribution in [0.25, 0.3) is 0 Å². The minimum absolute atomic E-state index is 0.00793. The van der Waals surface area contributed by atoms with Crippen molar-refractivity contribution in [1.29, 1.82) is 0 Å². The summed E-state index contributed by atoms with van der Waals surface area (Å²) in [5, 5.41) is 9.86. The van der Waals surface area contributed by atoms with Crippen molar-refractivity contribution in [3.05, 3.63) is 23.2 Å². The number of benzene rings is 1. The van der Waals surface area contributed by atoms with Crippen LogP contribution in [0.2, 0.25) is 5.02 Å². The lowest BCUT2D eigenvalue weighted by molar-refractivity contribution is -0.138. The molecule has 0 amide bonds. The summed E-state index contributed by atoms with van der Waals surface area (Å²) in [6, 6.07) is 3.98. The molecule has 1 saturated carbocycles. The van der Waals surface area contributed by atoms with Gasteiger partial charge >= 0.3 is 0 Å². The van der Waals surface area contributed by atoms with Crippen molar-refractivity contribution in [2.45, 2.75) is 37.8 Å². The van der Waals surface area contributed by atoms with E-state index in [4.69, 9.17) is 16.3 Å². The number of hydrogen-bond donors (Lipinski definition) is 2. The van der Waals surface area contributed by atoms with Gasteiger partial charge in [-0.2, -0.15) is 0 Å². The number of rotatable bonds is 4. The van der Waals surface area contributed by atoms with Gasteiger partial charge in [-0.15, -0.1) is 0 Å². The standard InChI is InChI=1S/C14H20ClNO4S/c1-8-12(14(2,3)13(8)20-4)16-21(18,19)10-7-5-6-9(15)11(10)17/h5-8,12-13,16-17H,1-4H3. The van der Waals surface area contributed by atoms with Gasteiger partial charge in [0.15, 0.2) is 5.75 Å². The first-order valence-corrected chi connectivity index (χ1v) is 8.51. The van der Waals surface area contributed by atoms with Gasteiger partial charge in [-0.3, -0.25) is 0 Å². The van der Waals surface area contributed by atoms with Gasteiger partial charge in [0.25, 0.3) is 0 Å². The van der Waals surface area contributed by atoms with E-state index in [1.807, 2.05) is 20.8 Å². The molecule has 3 unspecified atom stereocenters. The SMILES string of the molecule is COC1C(C)C(NS(=O)(=O)c2cccc(Cl)c2O)C1(C)C. The highest BCUT2D eigenvalue weighted by atomic mass is 35.5. The minimum atomic E-state index is -3.85. The maximum atomic E-state index is 12.5. The molecule has 1 aromatic rings. The molecule has 1 fully saturated rings. The molecule has 0 bridgehead atoms. The van der Waals surface area contributed by atoms with E-state index >= 15 is 0 Å². The summed E-state index contributed by atoms with van der Waals surface area (Å²) in [4.78, 5) is -0.209. The average molecular weight is 334 g/mol. The fourth-order valence-corrected chi connectivity index (χ4v) is 5.14. The highest BCUT2D eigenvalue weighted by Gasteiger charge is 2.56. The quantitative estimate of drug-likeness (QED) is 0.887. The highest BCUT2D eigenvalue weighted by molar-refractivity contribution is 7.89. The lowest BCUT2D eigenvalue weighted by atomic mass is 9.58. The van der Waals surface area contributed by atoms with Crippen LogP contribution in [-0.4, -0.2) is 32.8 Å². The molecule has 0 saturated heterocycles. The molecule has 0 radical (unpaired) electrons. The predicted octanol–water partition coefficient (Wildman–Crippen LogP) is 2.38. The summed E-state index contributed by atoms with van der Waals surface area (Å²) >= 11 is 5.77. The molecule has 7 heteroatoms. The molecule has 1 aromatic carbocycles. The van der Waals surface area contributed by atoms with Crippen LogP contribution in [0.15, 0.2) is 23.1 Å². The lowest BCUT2D eigenvalue weighted by Crippen LogP contribution is -2.67. The number of para-hydroxylation sites is 1. The predicted molar refractivity (Wildman–Crippen MR) is 81.0 cm³/mol. The number of phenols is 1. The van der Waals surface area contributed by atoms with Gasteiger partial charge < -0.3 is 9.84 Å². The number of sulfonamides is 1. The van der Waals surface area contributed by atoms with E-state index < -0.39 is 15.8 Å². The number of phenolic OH excluding ortho intramolecular Hbond substituents is 1. The number of nitrogens with one attached hydrogen (secondary N) is 1. The van der Waals surface area contributed by atoms with Gasteiger partial charge in [-0.05, 0) is 18.1 Å². The normalized spacial score (nSPS) is 28.1. The Morgan fingerprint density at radius 2 is 2.00 bits per heavy atom. The first kappa shape index (κ1) is 16.5. The van der Waals surface area contributed by atoms with E-state index in [9.17, 15) is 13.5 Å². The Kier molecular flexibility index (Phi) is 4.28. The molecule has 0 heterocycles. The van der Waals surface area contributed by atoms with Crippen molar-refractivity contribution in [3.8, 4) is 5.75 Å². The lowest BCUT2D eigenvalue weighted by Gasteiger charge is -2.56. The maximum absolute atomic E-state index is 12.5. The van der Waals surface area contributed by atoms with Gasteiger partial charge in [-0.1, -0.05) is 38.4 Å². The van der Waals surface area contributed by atoms with Gasteiger partial charge in [0.05, 0.1) is 11.1 Å². The van der Waals surface area contributed by atoms with Crippen molar-refractivity contribution in [2.75, 3.05) is 7.11 Å². The van der Waals surface area contributed by atoms with E-state index in [-0.39, 0.29) is 33.4 Å². The second-order valence-electron chi connectivity index (χ2n) is 6.02. The molecule has 5 nitrogen and oxygen atoms in total. The number of hydrogen-bond acceptors (Lipinski definition) is 4. The Hall–Kier alpha value is -0.820. The Balaban J connectivity index is 2.29. The third-order valence-electron chi connectivity index (χ3n) is 4.31. The van der Waals surface area contributed by atoms with Crippen molar-refractivity contribution >= 4 is 21.6 Å².